The van der Waals surface area contributed by atoms with Gasteiger partial charge in [0, 0.05) is 40.7 Å². The van der Waals surface area contributed by atoms with Crippen molar-refractivity contribution in [3.8, 4) is 0 Å². The molecule has 126 valence electrons. The lowest BCUT2D eigenvalue weighted by Crippen LogP contribution is -1.96. The van der Waals surface area contributed by atoms with Crippen molar-refractivity contribution in [3.05, 3.63) is 53.7 Å². The third-order valence-electron chi connectivity index (χ3n) is 3.45. The van der Waals surface area contributed by atoms with Crippen LogP contribution in [-0.2, 0) is 13.7 Å². The van der Waals surface area contributed by atoms with Gasteiger partial charge in [-0.05, 0) is 31.3 Å². The van der Waals surface area contributed by atoms with Gasteiger partial charge in [0.25, 0.3) is 0 Å². The van der Waals surface area contributed by atoms with Gasteiger partial charge in [0.15, 0.2) is 0 Å². The average molecular weight is 363 g/mol. The Labute approximate surface area is 149 Å². The number of nitrogens with two attached hydrogens (primary N) is 1. The van der Waals surface area contributed by atoms with Crippen LogP contribution < -0.4 is 5.73 Å². The number of nitrogens with zero attached hydrogens (tertiary/aromatic N) is 2. The third kappa shape index (κ3) is 3.64. The molecule has 0 saturated heterocycles. The van der Waals surface area contributed by atoms with Gasteiger partial charge >= 0.3 is 0 Å². The molecular formula is C17H18FN3OS2. The number of fused-ring (bicyclic) bond motifs is 1. The quantitative estimate of drug-likeness (QED) is 0.697. The number of hydrogen-bond acceptors (Lipinski definition) is 5. The van der Waals surface area contributed by atoms with Gasteiger partial charge in [0.05, 0.1) is 22.7 Å². The summed E-state index contributed by atoms with van der Waals surface area (Å²) in [5, 5.41) is 12.0. The number of halogens is 1. The van der Waals surface area contributed by atoms with Crippen molar-refractivity contribution in [3.63, 3.8) is 0 Å². The molecule has 0 bridgehead atoms. The normalized spacial score (nSPS) is 10.4. The van der Waals surface area contributed by atoms with Crippen LogP contribution in [0.5, 0.6) is 0 Å². The molecule has 2 aromatic heterocycles. The molecule has 4 nitrogen and oxygen atoms in total. The van der Waals surface area contributed by atoms with E-state index in [1.165, 1.54) is 30.2 Å². The van der Waals surface area contributed by atoms with Crippen LogP contribution in [0.2, 0.25) is 0 Å². The van der Waals surface area contributed by atoms with Gasteiger partial charge in [-0.3, -0.25) is 4.98 Å². The molecule has 0 saturated carbocycles. The minimum Gasteiger partial charge on any atom is -0.392 e. The highest BCUT2D eigenvalue weighted by molar-refractivity contribution is 7.99. The second-order valence-electron chi connectivity index (χ2n) is 4.82. The minimum atomic E-state index is -0.343. The van der Waals surface area contributed by atoms with Crippen molar-refractivity contribution in [2.45, 2.75) is 16.4 Å². The lowest BCUT2D eigenvalue weighted by atomic mass is 10.1. The lowest BCUT2D eigenvalue weighted by Gasteiger charge is -2.11. The highest BCUT2D eigenvalue weighted by atomic mass is 32.2. The van der Waals surface area contributed by atoms with Crippen molar-refractivity contribution in [2.24, 2.45) is 12.8 Å². The van der Waals surface area contributed by atoms with E-state index in [1.807, 2.05) is 23.9 Å². The number of benzene rings is 1. The first kappa shape index (κ1) is 18.5. The first-order chi connectivity index (χ1) is 11.6. The van der Waals surface area contributed by atoms with E-state index in [4.69, 9.17) is 12.2 Å². The predicted molar refractivity (Wildman–Crippen MR) is 100 cm³/mol. The smallest absolute Gasteiger partial charge is 0.139 e. The molecule has 0 aliphatic heterocycles. The fourth-order valence-electron chi connectivity index (χ4n) is 2.37. The SMILES string of the molecule is CN.Cn1ccc2c(CO)c(Sc3ccnc(C=S)c3)c(F)cc21. The monoisotopic (exact) mass is 363 g/mol. The van der Waals surface area contributed by atoms with Crippen LogP contribution in [0.4, 0.5) is 4.39 Å². The van der Waals surface area contributed by atoms with Crippen LogP contribution in [0.3, 0.4) is 0 Å². The highest BCUT2D eigenvalue weighted by Crippen LogP contribution is 2.37. The Kier molecular flexibility index (Phi) is 6.44. The van der Waals surface area contributed by atoms with E-state index in [1.54, 1.807) is 18.3 Å². The number of pyridine rings is 1. The van der Waals surface area contributed by atoms with Crippen LogP contribution >= 0.6 is 24.0 Å². The van der Waals surface area contributed by atoms with Crippen molar-refractivity contribution in [1.29, 1.82) is 0 Å². The zero-order chi connectivity index (χ0) is 17.7. The average Bonchev–Trinajstić information content (AvgIpc) is 2.98. The Balaban J connectivity index is 0.00000100. The molecule has 0 amide bonds. The first-order valence-corrected chi connectivity index (χ1v) is 8.47. The van der Waals surface area contributed by atoms with Gasteiger partial charge in [0.2, 0.25) is 0 Å². The Hall–Kier alpha value is -1.80. The van der Waals surface area contributed by atoms with Crippen LogP contribution in [0.25, 0.3) is 10.9 Å². The molecule has 0 fully saturated rings. The van der Waals surface area contributed by atoms with E-state index in [0.717, 1.165) is 15.8 Å². The largest absolute Gasteiger partial charge is 0.392 e. The Bertz CT molecular complexity index is 864. The molecule has 1 aromatic carbocycles. The summed E-state index contributed by atoms with van der Waals surface area (Å²) in [4.78, 5) is 5.36. The van der Waals surface area contributed by atoms with E-state index in [2.05, 4.69) is 10.7 Å². The van der Waals surface area contributed by atoms with Crippen molar-refractivity contribution < 1.29 is 9.50 Å². The number of rotatable bonds is 4. The van der Waals surface area contributed by atoms with Gasteiger partial charge in [-0.25, -0.2) is 4.39 Å². The van der Waals surface area contributed by atoms with Gasteiger partial charge < -0.3 is 15.4 Å². The molecule has 0 unspecified atom stereocenters. The Morgan fingerprint density at radius 1 is 1.38 bits per heavy atom. The number of hydrogen-bond donors (Lipinski definition) is 2. The maximum atomic E-state index is 14.5. The maximum absolute atomic E-state index is 14.5. The highest BCUT2D eigenvalue weighted by Gasteiger charge is 2.16. The van der Waals surface area contributed by atoms with Gasteiger partial charge in [-0.2, -0.15) is 0 Å². The summed E-state index contributed by atoms with van der Waals surface area (Å²) < 4.78 is 16.3. The zero-order valence-electron chi connectivity index (χ0n) is 13.4. The molecule has 0 radical (unpaired) electrons. The summed E-state index contributed by atoms with van der Waals surface area (Å²) in [5.74, 6) is -0.343. The van der Waals surface area contributed by atoms with Crippen molar-refractivity contribution >= 4 is 40.3 Å². The van der Waals surface area contributed by atoms with Gasteiger partial charge in [-0.15, -0.1) is 0 Å². The van der Waals surface area contributed by atoms with E-state index in [0.29, 0.717) is 16.2 Å². The molecule has 0 atom stereocenters. The van der Waals surface area contributed by atoms with E-state index < -0.39 is 0 Å². The zero-order valence-corrected chi connectivity index (χ0v) is 15.0. The molecule has 3 aromatic rings. The second kappa shape index (κ2) is 8.34. The van der Waals surface area contributed by atoms with Crippen molar-refractivity contribution in [2.75, 3.05) is 7.05 Å². The van der Waals surface area contributed by atoms with E-state index in [-0.39, 0.29) is 12.4 Å². The standard InChI is InChI=1S/C16H13FN2OS2.CH5N/c1-19-5-3-12-13(8-20)16(14(17)7-15(12)19)22-11-2-4-18-10(6-11)9-21;1-2/h2-7,9,20H,8H2,1H3;2H2,1H3. The third-order valence-corrected chi connectivity index (χ3v) is 4.83. The summed E-state index contributed by atoms with van der Waals surface area (Å²) in [6, 6.07) is 6.98. The van der Waals surface area contributed by atoms with Crippen LogP contribution in [0.1, 0.15) is 11.3 Å². The minimum absolute atomic E-state index is 0.217. The van der Waals surface area contributed by atoms with Crippen LogP contribution in [0.15, 0.2) is 46.5 Å². The fourth-order valence-corrected chi connectivity index (χ4v) is 3.50. The van der Waals surface area contributed by atoms with Crippen molar-refractivity contribution in [1.82, 2.24) is 9.55 Å². The number of aryl methyl sites for hydroxylation is 1. The summed E-state index contributed by atoms with van der Waals surface area (Å²) in [7, 11) is 3.35. The number of aromatic nitrogens is 2. The van der Waals surface area contributed by atoms with E-state index >= 15 is 0 Å². The summed E-state index contributed by atoms with van der Waals surface area (Å²) in [6.45, 7) is -0.217. The lowest BCUT2D eigenvalue weighted by molar-refractivity contribution is 0.279. The molecule has 7 heteroatoms. The molecule has 0 aliphatic rings. The van der Waals surface area contributed by atoms with E-state index in [9.17, 15) is 9.50 Å². The molecule has 3 rings (SSSR count). The molecule has 0 spiro atoms. The predicted octanol–water partition coefficient (Wildman–Crippen LogP) is 3.28. The maximum Gasteiger partial charge on any atom is 0.139 e. The number of thiocarbonyl (C=S) groups is 1. The van der Waals surface area contributed by atoms with Crippen LogP contribution in [-0.4, -0.2) is 27.1 Å². The first-order valence-electron chi connectivity index (χ1n) is 7.18. The molecule has 3 N–H and O–H groups in total. The second-order valence-corrected chi connectivity index (χ2v) is 6.14. The molecule has 0 aliphatic carbocycles. The Morgan fingerprint density at radius 3 is 2.79 bits per heavy atom. The Morgan fingerprint density at radius 2 is 2.12 bits per heavy atom. The summed E-state index contributed by atoms with van der Waals surface area (Å²) in [5.41, 5.74) is 6.52. The summed E-state index contributed by atoms with van der Waals surface area (Å²) >= 11 is 6.14. The number of aliphatic hydroxyl groups is 1. The number of aliphatic hydroxyl groups excluding tert-OH is 1. The molecule has 24 heavy (non-hydrogen) atoms. The molecule has 2 heterocycles. The van der Waals surface area contributed by atoms with Gasteiger partial charge in [-0.1, -0.05) is 24.0 Å². The van der Waals surface area contributed by atoms with Crippen LogP contribution in [0, 0.1) is 5.82 Å². The topological polar surface area (TPSA) is 64.1 Å². The molecular weight excluding hydrogens is 345 g/mol. The van der Waals surface area contributed by atoms with Gasteiger partial charge in [0.1, 0.15) is 5.82 Å². The summed E-state index contributed by atoms with van der Waals surface area (Å²) in [6.07, 6.45) is 3.49. The fraction of sp³-hybridized carbons (Fsp3) is 0.176.